The van der Waals surface area contributed by atoms with Gasteiger partial charge in [-0.1, -0.05) is 398 Å². The van der Waals surface area contributed by atoms with E-state index in [1.165, 1.54) is 347 Å². The number of aliphatic hydroxyl groups is 8. The molecule has 0 aliphatic carbocycles. The summed E-state index contributed by atoms with van der Waals surface area (Å²) >= 11 is 0. The zero-order valence-electron chi connectivity index (χ0n) is 63.8. The van der Waals surface area contributed by atoms with Gasteiger partial charge >= 0.3 is 0 Å². The zero-order valence-corrected chi connectivity index (χ0v) is 63.8. The third-order valence-electron chi connectivity index (χ3n) is 21.1. The fraction of sp³-hybridized carbons (Fsp3) is 0.940. The van der Waals surface area contributed by atoms with Gasteiger partial charge in [0.1, 0.15) is 48.8 Å². The topological polar surface area (TPSA) is 228 Å². The van der Waals surface area contributed by atoms with Gasteiger partial charge in [-0.05, 0) is 32.1 Å². The Balaban J connectivity index is 1.59. The first-order valence-electron chi connectivity index (χ1n) is 42.6. The molecule has 0 bridgehead atoms. The Labute approximate surface area is 602 Å². The van der Waals surface area contributed by atoms with Crippen molar-refractivity contribution in [3.05, 3.63) is 24.3 Å². The van der Waals surface area contributed by atoms with Gasteiger partial charge in [-0.25, -0.2) is 0 Å². The third kappa shape index (κ3) is 50.8. The molecular weight excluding hydrogens is 1230 g/mol. The van der Waals surface area contributed by atoms with Gasteiger partial charge in [0.2, 0.25) is 5.91 Å². The first-order valence-corrected chi connectivity index (χ1v) is 42.6. The number of unbranched alkanes of at least 4 members (excludes halogenated alkanes) is 58. The van der Waals surface area contributed by atoms with E-state index in [9.17, 15) is 45.6 Å². The Morgan fingerprint density at radius 2 is 0.653 bits per heavy atom. The highest BCUT2D eigenvalue weighted by molar-refractivity contribution is 5.76. The molecule has 0 aromatic heterocycles. The van der Waals surface area contributed by atoms with Crippen molar-refractivity contribution in [2.24, 2.45) is 0 Å². The van der Waals surface area contributed by atoms with Gasteiger partial charge in [-0.3, -0.25) is 4.79 Å². The molecule has 0 spiro atoms. The van der Waals surface area contributed by atoms with Gasteiger partial charge in [0.25, 0.3) is 0 Å². The van der Waals surface area contributed by atoms with Crippen LogP contribution in [0.15, 0.2) is 24.3 Å². The highest BCUT2D eigenvalue weighted by Crippen LogP contribution is 2.31. The predicted octanol–water partition coefficient (Wildman–Crippen LogP) is 19.8. The lowest BCUT2D eigenvalue weighted by molar-refractivity contribution is -0.359. The van der Waals surface area contributed by atoms with Gasteiger partial charge < -0.3 is 65.1 Å². The van der Waals surface area contributed by atoms with Crippen molar-refractivity contribution in [1.82, 2.24) is 5.32 Å². The fourth-order valence-electron chi connectivity index (χ4n) is 14.4. The van der Waals surface area contributed by atoms with Gasteiger partial charge in [-0.2, -0.15) is 0 Å². The van der Waals surface area contributed by atoms with E-state index in [2.05, 4.69) is 31.3 Å². The number of carbonyl (C=O) groups excluding carboxylic acids is 1. The molecule has 2 aliphatic heterocycles. The maximum Gasteiger partial charge on any atom is 0.220 e. The highest BCUT2D eigenvalue weighted by atomic mass is 16.7. The Bertz CT molecular complexity index is 1740. The minimum Gasteiger partial charge on any atom is -0.394 e. The molecular formula is C84H161NO13. The molecule has 580 valence electrons. The van der Waals surface area contributed by atoms with Crippen LogP contribution in [-0.4, -0.2) is 140 Å². The second-order valence-electron chi connectivity index (χ2n) is 30.3. The second-order valence-corrected chi connectivity index (χ2v) is 30.3. The normalized spacial score (nSPS) is 22.1. The summed E-state index contributed by atoms with van der Waals surface area (Å²) in [6, 6.07) is -0.931. The van der Waals surface area contributed by atoms with Crippen LogP contribution in [-0.2, 0) is 23.7 Å². The summed E-state index contributed by atoms with van der Waals surface area (Å²) < 4.78 is 22.9. The number of ether oxygens (including phenoxy) is 4. The van der Waals surface area contributed by atoms with Crippen molar-refractivity contribution in [2.45, 2.75) is 485 Å². The molecule has 2 heterocycles. The number of aliphatic hydroxyl groups excluding tert-OH is 8. The number of hydrogen-bond acceptors (Lipinski definition) is 13. The van der Waals surface area contributed by atoms with E-state index < -0.39 is 86.8 Å². The van der Waals surface area contributed by atoms with Crippen molar-refractivity contribution in [3.8, 4) is 0 Å². The smallest absolute Gasteiger partial charge is 0.220 e. The average Bonchev–Trinajstić information content (AvgIpc) is 0.792. The van der Waals surface area contributed by atoms with E-state index in [1.807, 2.05) is 6.08 Å². The molecule has 0 saturated carbocycles. The quantitative estimate of drug-likeness (QED) is 0.0204. The summed E-state index contributed by atoms with van der Waals surface area (Å²) in [4.78, 5) is 13.4. The first-order chi connectivity index (χ1) is 48.1. The molecule has 14 heteroatoms. The summed E-state index contributed by atoms with van der Waals surface area (Å²) in [7, 11) is 0. The lowest BCUT2D eigenvalue weighted by Crippen LogP contribution is -2.65. The van der Waals surface area contributed by atoms with Gasteiger partial charge in [0.05, 0.1) is 32.0 Å². The van der Waals surface area contributed by atoms with Gasteiger partial charge in [0.15, 0.2) is 12.6 Å². The maximum absolute atomic E-state index is 13.4. The van der Waals surface area contributed by atoms with Crippen LogP contribution >= 0.6 is 0 Å². The standard InChI is InChI=1S/C84H161NO13/c1-3-5-7-9-11-13-15-17-19-21-23-25-27-29-31-33-34-35-36-37-38-39-40-42-44-46-48-50-52-54-56-58-60-62-64-66-68-76(89)85-72(71-95-83-81(94)79(92)82(75(70-87)97-83)98-84-80(93)78(91)77(90)74(69-86)96-84)73(88)67-65-63-61-59-57-55-53-51-49-47-45-43-41-32-30-28-26-24-22-20-18-16-14-12-10-8-6-4-2/h57,59,65,67,72-75,77-84,86-88,90-94H,3-56,58,60-64,66,68-71H2,1-2H3,(H,85,89)/b59-57+,67-65+. The molecule has 12 atom stereocenters. The summed E-state index contributed by atoms with van der Waals surface area (Å²) in [5.74, 6) is -0.239. The first kappa shape index (κ1) is 92.6. The van der Waals surface area contributed by atoms with Crippen molar-refractivity contribution >= 4 is 5.91 Å². The number of carbonyl (C=O) groups is 1. The van der Waals surface area contributed by atoms with Gasteiger partial charge in [0, 0.05) is 6.42 Å². The molecule has 12 unspecified atom stereocenters. The number of hydrogen-bond donors (Lipinski definition) is 9. The van der Waals surface area contributed by atoms with Crippen LogP contribution < -0.4 is 5.32 Å². The van der Waals surface area contributed by atoms with Crippen LogP contribution in [0.1, 0.15) is 412 Å². The van der Waals surface area contributed by atoms with Crippen LogP contribution in [0.2, 0.25) is 0 Å². The number of rotatable bonds is 73. The van der Waals surface area contributed by atoms with Crippen LogP contribution in [0, 0.1) is 0 Å². The number of allylic oxidation sites excluding steroid dienone is 3. The van der Waals surface area contributed by atoms with E-state index in [0.717, 1.165) is 32.1 Å². The van der Waals surface area contributed by atoms with Crippen molar-refractivity contribution in [3.63, 3.8) is 0 Å². The summed E-state index contributed by atoms with van der Waals surface area (Å²) in [6.07, 6.45) is 72.9. The van der Waals surface area contributed by atoms with Gasteiger partial charge in [-0.15, -0.1) is 0 Å². The van der Waals surface area contributed by atoms with E-state index in [-0.39, 0.29) is 18.9 Å². The van der Waals surface area contributed by atoms with Crippen LogP contribution in [0.5, 0.6) is 0 Å². The van der Waals surface area contributed by atoms with E-state index in [4.69, 9.17) is 18.9 Å². The fourth-order valence-corrected chi connectivity index (χ4v) is 14.4. The molecule has 14 nitrogen and oxygen atoms in total. The maximum atomic E-state index is 13.4. The predicted molar refractivity (Wildman–Crippen MR) is 406 cm³/mol. The van der Waals surface area contributed by atoms with E-state index >= 15 is 0 Å². The molecule has 2 fully saturated rings. The Morgan fingerprint density at radius 3 is 1.00 bits per heavy atom. The molecule has 2 rings (SSSR count). The number of nitrogens with one attached hydrogen (secondary N) is 1. The second kappa shape index (κ2) is 68.6. The van der Waals surface area contributed by atoms with Crippen molar-refractivity contribution in [1.29, 1.82) is 0 Å². The lowest BCUT2D eigenvalue weighted by atomic mass is 9.97. The molecule has 2 aliphatic rings. The highest BCUT2D eigenvalue weighted by Gasteiger charge is 2.51. The van der Waals surface area contributed by atoms with E-state index in [1.54, 1.807) is 6.08 Å². The molecule has 2 saturated heterocycles. The summed E-state index contributed by atoms with van der Waals surface area (Å²) in [5, 5.41) is 87.7. The molecule has 9 N–H and O–H groups in total. The summed E-state index contributed by atoms with van der Waals surface area (Å²) in [6.45, 7) is 2.86. The molecule has 1 amide bonds. The largest absolute Gasteiger partial charge is 0.394 e. The van der Waals surface area contributed by atoms with Crippen molar-refractivity contribution in [2.75, 3.05) is 19.8 Å². The molecule has 98 heavy (non-hydrogen) atoms. The molecule has 0 aromatic carbocycles. The Hall–Kier alpha value is -1.53. The lowest BCUT2D eigenvalue weighted by Gasteiger charge is -2.46. The minimum absolute atomic E-state index is 0.239. The van der Waals surface area contributed by atoms with Crippen LogP contribution in [0.25, 0.3) is 0 Å². The zero-order chi connectivity index (χ0) is 70.8. The minimum atomic E-state index is -1.79. The summed E-state index contributed by atoms with van der Waals surface area (Å²) in [5.41, 5.74) is 0. The van der Waals surface area contributed by atoms with E-state index in [0.29, 0.717) is 12.8 Å². The monoisotopic (exact) mass is 1390 g/mol. The van der Waals surface area contributed by atoms with Crippen molar-refractivity contribution < 1.29 is 64.6 Å². The number of amides is 1. The third-order valence-corrected chi connectivity index (χ3v) is 21.1. The van der Waals surface area contributed by atoms with Crippen LogP contribution in [0.3, 0.4) is 0 Å². The SMILES string of the molecule is CCCCCCCCCCCCCCCCCCCCCCCC/C=C/CC/C=C/C(O)C(COC1OC(CO)C(OC2OC(CO)C(O)C(O)C2O)C(O)C1O)NC(=O)CCCCCCCCCCCCCCCCCCCCCCCCCCCCCCCCCCCCCC. The average molecular weight is 1390 g/mol. The molecule has 0 radical (unpaired) electrons. The molecule has 0 aromatic rings. The Kier molecular flexibility index (Phi) is 64.8. The Morgan fingerprint density at radius 1 is 0.357 bits per heavy atom. The van der Waals surface area contributed by atoms with Crippen LogP contribution in [0.4, 0.5) is 0 Å².